The first-order chi connectivity index (χ1) is 6.22. The van der Waals surface area contributed by atoms with Gasteiger partial charge in [0, 0.05) is 0 Å². The quantitative estimate of drug-likeness (QED) is 0.233. The van der Waals surface area contributed by atoms with Crippen LogP contribution in [-0.2, 0) is 6.54 Å². The molecular weight excluding hydrogens is 166 g/mol. The third-order valence-electron chi connectivity index (χ3n) is 1.70. The van der Waals surface area contributed by atoms with Crippen molar-refractivity contribution >= 4 is 6.34 Å². The van der Waals surface area contributed by atoms with Crippen LogP contribution in [0.5, 0.6) is 0 Å². The largest absolute Gasteiger partial charge is 0.693 e. The van der Waals surface area contributed by atoms with Crippen molar-refractivity contribution in [3.05, 3.63) is 40.6 Å². The van der Waals surface area contributed by atoms with Gasteiger partial charge in [0.25, 0.3) is 6.34 Å². The summed E-state index contributed by atoms with van der Waals surface area (Å²) in [7, 11) is 0. The smallest absolute Gasteiger partial charge is 0.256 e. The van der Waals surface area contributed by atoms with Gasteiger partial charge >= 0.3 is 0 Å². The predicted molar refractivity (Wildman–Crippen MR) is 51.9 cm³/mol. The van der Waals surface area contributed by atoms with E-state index in [0.29, 0.717) is 11.4 Å². The second-order valence-electron chi connectivity index (χ2n) is 2.80. The molecule has 0 saturated heterocycles. The van der Waals surface area contributed by atoms with Crippen molar-refractivity contribution in [2.24, 2.45) is 5.73 Å². The molecule has 0 saturated carbocycles. The van der Waals surface area contributed by atoms with Crippen LogP contribution < -0.4 is 11.2 Å². The van der Waals surface area contributed by atoms with E-state index in [4.69, 9.17) is 5.73 Å². The van der Waals surface area contributed by atoms with Crippen molar-refractivity contribution in [2.45, 2.75) is 13.5 Å². The van der Waals surface area contributed by atoms with E-state index in [1.807, 2.05) is 31.2 Å². The Morgan fingerprint density at radius 3 is 2.62 bits per heavy atom. The third-order valence-corrected chi connectivity index (χ3v) is 1.70. The van der Waals surface area contributed by atoms with E-state index in [0.717, 1.165) is 11.9 Å². The second-order valence-corrected chi connectivity index (χ2v) is 2.80. The van der Waals surface area contributed by atoms with E-state index < -0.39 is 0 Å². The fourth-order valence-corrected chi connectivity index (χ4v) is 0.928. The Hall–Kier alpha value is -1.71. The van der Waals surface area contributed by atoms with Crippen molar-refractivity contribution in [3.63, 3.8) is 0 Å². The molecule has 0 unspecified atom stereocenters. The molecule has 13 heavy (non-hydrogen) atoms. The molecule has 70 valence electrons. The number of benzene rings is 1. The van der Waals surface area contributed by atoms with Crippen molar-refractivity contribution in [3.8, 4) is 0 Å². The van der Waals surface area contributed by atoms with Crippen molar-refractivity contribution in [2.75, 3.05) is 0 Å². The van der Waals surface area contributed by atoms with Crippen LogP contribution in [0.4, 0.5) is 0 Å². The lowest BCUT2D eigenvalue weighted by atomic mass is 10.1. The van der Waals surface area contributed by atoms with Gasteiger partial charge < -0.3 is 5.21 Å². The van der Waals surface area contributed by atoms with Gasteiger partial charge in [-0.3, -0.25) is 11.2 Å². The topological polar surface area (TPSA) is 64.1 Å². The van der Waals surface area contributed by atoms with Crippen LogP contribution in [0, 0.1) is 12.1 Å². The van der Waals surface area contributed by atoms with E-state index in [9.17, 15) is 5.21 Å². The molecule has 0 atom stereocenters. The lowest BCUT2D eigenvalue weighted by Crippen LogP contribution is -2.26. The van der Waals surface area contributed by atoms with Crippen LogP contribution in [0.3, 0.4) is 0 Å². The molecule has 0 aromatic heterocycles. The van der Waals surface area contributed by atoms with Gasteiger partial charge in [-0.05, 0) is 12.5 Å². The lowest BCUT2D eigenvalue weighted by Gasteiger charge is -2.09. The summed E-state index contributed by atoms with van der Waals surface area (Å²) in [5.74, 6) is 0. The molecule has 3 N–H and O–H groups in total. The monoisotopic (exact) mass is 179 g/mol. The number of hydrazine groups is 1. The van der Waals surface area contributed by atoms with Gasteiger partial charge in [-0.2, -0.15) is 4.85 Å². The van der Waals surface area contributed by atoms with Gasteiger partial charge in [0.15, 0.2) is 0 Å². The highest BCUT2D eigenvalue weighted by Gasteiger charge is 1.91. The number of aryl methyl sites for hydroxylation is 1. The highest BCUT2D eigenvalue weighted by Crippen LogP contribution is 2.01. The number of hydrogen-bond acceptors (Lipinski definition) is 2. The Balaban J connectivity index is 2.51. The Bertz CT molecular complexity index is 292. The first kappa shape index (κ1) is 9.38. The summed E-state index contributed by atoms with van der Waals surface area (Å²) < 4.78 is 0. The van der Waals surface area contributed by atoms with Crippen molar-refractivity contribution in [1.82, 2.24) is 5.43 Å². The number of nitrogens with two attached hydrogens (primary N) is 1. The highest BCUT2D eigenvalue weighted by molar-refractivity contribution is 5.44. The second kappa shape index (κ2) is 4.35. The molecule has 4 nitrogen and oxygen atoms in total. The Labute approximate surface area is 77.2 Å². The summed E-state index contributed by atoms with van der Waals surface area (Å²) in [6.45, 7) is 2.50. The summed E-state index contributed by atoms with van der Waals surface area (Å²) in [6, 6.07) is 7.93. The zero-order valence-corrected chi connectivity index (χ0v) is 7.53. The standard InChI is InChI=1S/C9H13N3O/c1-8-2-4-9(5-3-8)6-11-12(13)7-10/h2-5,7,11H,6,10H2,1H3. The number of rotatable bonds is 3. The first-order valence-electron chi connectivity index (χ1n) is 4.03. The maximum atomic E-state index is 10.7. The first-order valence-corrected chi connectivity index (χ1v) is 4.03. The molecule has 0 aliphatic carbocycles. The molecule has 0 bridgehead atoms. The maximum Gasteiger partial charge on any atom is 0.256 e. The van der Waals surface area contributed by atoms with Crippen LogP contribution in [0.25, 0.3) is 0 Å². The minimum atomic E-state index is 0.484. The summed E-state index contributed by atoms with van der Waals surface area (Å²) in [5.41, 5.74) is 9.80. The zero-order chi connectivity index (χ0) is 9.68. The molecule has 0 heterocycles. The van der Waals surface area contributed by atoms with E-state index >= 15 is 0 Å². The molecule has 1 aromatic carbocycles. The molecule has 0 aliphatic heterocycles. The SMILES string of the molecule is Cc1ccc(CN[N+]([O-])=CN)cc1. The number of nitrogens with one attached hydrogen (secondary N) is 1. The highest BCUT2D eigenvalue weighted by atomic mass is 16.5. The van der Waals surface area contributed by atoms with Crippen molar-refractivity contribution in [1.29, 1.82) is 0 Å². The maximum absolute atomic E-state index is 10.7. The minimum Gasteiger partial charge on any atom is -0.693 e. The van der Waals surface area contributed by atoms with Gasteiger partial charge in [-0.1, -0.05) is 29.8 Å². The van der Waals surface area contributed by atoms with Crippen LogP contribution >= 0.6 is 0 Å². The summed E-state index contributed by atoms with van der Waals surface area (Å²) in [5, 5.41) is 10.7. The molecular formula is C9H13N3O. The lowest BCUT2D eigenvalue weighted by molar-refractivity contribution is -0.522. The molecule has 1 rings (SSSR count). The van der Waals surface area contributed by atoms with E-state index in [1.165, 1.54) is 5.56 Å². The van der Waals surface area contributed by atoms with Gasteiger partial charge in [0.05, 0.1) is 6.54 Å². The summed E-state index contributed by atoms with van der Waals surface area (Å²) >= 11 is 0. The Morgan fingerprint density at radius 2 is 2.08 bits per heavy atom. The van der Waals surface area contributed by atoms with Gasteiger partial charge in [0.1, 0.15) is 0 Å². The zero-order valence-electron chi connectivity index (χ0n) is 7.53. The molecule has 0 spiro atoms. The average molecular weight is 179 g/mol. The van der Waals surface area contributed by atoms with E-state index in [2.05, 4.69) is 5.43 Å². The minimum absolute atomic E-state index is 0.484. The fourth-order valence-electron chi connectivity index (χ4n) is 0.928. The molecule has 0 radical (unpaired) electrons. The Kier molecular flexibility index (Phi) is 3.14. The molecule has 4 heteroatoms. The van der Waals surface area contributed by atoms with Gasteiger partial charge in [-0.25, -0.2) is 0 Å². The van der Waals surface area contributed by atoms with Gasteiger partial charge in [-0.15, -0.1) is 0 Å². The number of hydrazone groups is 1. The van der Waals surface area contributed by atoms with E-state index in [1.54, 1.807) is 0 Å². The molecule has 0 amide bonds. The van der Waals surface area contributed by atoms with Crippen LogP contribution in [-0.4, -0.2) is 11.2 Å². The molecule has 0 aliphatic rings. The normalized spacial score (nSPS) is 11.3. The van der Waals surface area contributed by atoms with Crippen LogP contribution in [0.1, 0.15) is 11.1 Å². The summed E-state index contributed by atoms with van der Waals surface area (Å²) in [4.78, 5) is 0.486. The number of hydrogen-bond donors (Lipinski definition) is 2. The Morgan fingerprint density at radius 1 is 1.46 bits per heavy atom. The van der Waals surface area contributed by atoms with Gasteiger partial charge in [0.2, 0.25) is 0 Å². The fraction of sp³-hybridized carbons (Fsp3) is 0.222. The molecule has 0 fully saturated rings. The van der Waals surface area contributed by atoms with Crippen LogP contribution in [0.15, 0.2) is 24.3 Å². The van der Waals surface area contributed by atoms with E-state index in [-0.39, 0.29) is 0 Å². The number of nitrogens with zero attached hydrogens (tertiary/aromatic N) is 1. The van der Waals surface area contributed by atoms with Crippen molar-refractivity contribution < 1.29 is 4.85 Å². The molecule has 1 aromatic rings. The van der Waals surface area contributed by atoms with Crippen LogP contribution in [0.2, 0.25) is 0 Å². The average Bonchev–Trinajstić information content (AvgIpc) is 2.16. The summed E-state index contributed by atoms with van der Waals surface area (Å²) in [6.07, 6.45) is 0.939. The predicted octanol–water partition coefficient (Wildman–Crippen LogP) is 0.497. The third kappa shape index (κ3) is 3.02.